The van der Waals surface area contributed by atoms with E-state index in [0.29, 0.717) is 25.2 Å². The molecular weight excluding hydrogens is 373 g/mol. The summed E-state index contributed by atoms with van der Waals surface area (Å²) in [5.41, 5.74) is -0.706. The van der Waals surface area contributed by atoms with E-state index in [4.69, 9.17) is 0 Å². The molecule has 5 nitrogen and oxygen atoms in total. The second kappa shape index (κ2) is 9.91. The lowest BCUT2D eigenvalue weighted by Crippen LogP contribution is -2.51. The van der Waals surface area contributed by atoms with Crippen molar-refractivity contribution >= 4 is 11.7 Å². The normalized spacial score (nSPS) is 15.2. The van der Waals surface area contributed by atoms with Crippen LogP contribution < -0.4 is 4.74 Å². The van der Waals surface area contributed by atoms with Crippen LogP contribution in [0.5, 0.6) is 5.75 Å². The molecule has 0 spiro atoms. The summed E-state index contributed by atoms with van der Waals surface area (Å²) in [4.78, 5) is 28.6. The summed E-state index contributed by atoms with van der Waals surface area (Å²) in [5.74, 6) is -6.08. The third-order valence-corrected chi connectivity index (χ3v) is 5.31. The van der Waals surface area contributed by atoms with Gasteiger partial charge in [-0.05, 0) is 18.9 Å². The molecule has 0 saturated carbocycles. The number of benzene rings is 1. The Morgan fingerprint density at radius 1 is 1.04 bits per heavy atom. The number of rotatable bonds is 8. The second-order valence-corrected chi connectivity index (χ2v) is 6.88. The van der Waals surface area contributed by atoms with Gasteiger partial charge in [-0.15, -0.1) is 0 Å². The number of amides is 1. The highest BCUT2D eigenvalue weighted by molar-refractivity contribution is 5.98. The highest BCUT2D eigenvalue weighted by Crippen LogP contribution is 2.27. The molecule has 1 aliphatic heterocycles. The molecule has 1 aromatic carbocycles. The van der Waals surface area contributed by atoms with Crippen LogP contribution in [0.25, 0.3) is 0 Å². The number of ketones is 1. The second-order valence-electron chi connectivity index (χ2n) is 6.88. The maximum Gasteiger partial charge on any atom is 0.223 e. The highest BCUT2D eigenvalue weighted by Gasteiger charge is 2.26. The Kier molecular flexibility index (Phi) is 7.86. The molecule has 2 rings (SSSR count). The van der Waals surface area contributed by atoms with Gasteiger partial charge in [0.1, 0.15) is 0 Å². The van der Waals surface area contributed by atoms with Gasteiger partial charge in [0.15, 0.2) is 23.2 Å². The van der Waals surface area contributed by atoms with Gasteiger partial charge < -0.3 is 9.64 Å². The van der Waals surface area contributed by atoms with E-state index in [-0.39, 0.29) is 18.7 Å². The fourth-order valence-electron chi connectivity index (χ4n) is 3.62. The third kappa shape index (κ3) is 4.84. The number of methoxy groups -OCH3 is 1. The lowest BCUT2D eigenvalue weighted by atomic mass is 10.0. The van der Waals surface area contributed by atoms with Gasteiger partial charge in [-0.3, -0.25) is 14.5 Å². The van der Waals surface area contributed by atoms with Crippen molar-refractivity contribution in [1.82, 2.24) is 9.80 Å². The van der Waals surface area contributed by atoms with E-state index in [1.807, 2.05) is 0 Å². The maximum atomic E-state index is 14.0. The molecule has 1 aliphatic rings. The summed E-state index contributed by atoms with van der Waals surface area (Å²) in [5, 5.41) is 0. The topological polar surface area (TPSA) is 49.9 Å². The number of ether oxygens (including phenoxy) is 1. The number of halogens is 3. The Morgan fingerprint density at radius 2 is 1.64 bits per heavy atom. The summed E-state index contributed by atoms with van der Waals surface area (Å²) in [6, 6.07) is 1.11. The number of hydrogen-bond donors (Lipinski definition) is 0. The molecule has 0 aromatic heterocycles. The van der Waals surface area contributed by atoms with Crippen LogP contribution in [-0.2, 0) is 4.79 Å². The van der Waals surface area contributed by atoms with Gasteiger partial charge in [0, 0.05) is 45.1 Å². The summed E-state index contributed by atoms with van der Waals surface area (Å²) >= 11 is 0. The van der Waals surface area contributed by atoms with E-state index in [0.717, 1.165) is 33.0 Å². The van der Waals surface area contributed by atoms with Crippen LogP contribution in [0.15, 0.2) is 6.07 Å². The zero-order chi connectivity index (χ0) is 20.8. The quantitative estimate of drug-likeness (QED) is 0.496. The average Bonchev–Trinajstić information content (AvgIpc) is 2.70. The van der Waals surface area contributed by atoms with Gasteiger partial charge >= 0.3 is 0 Å². The minimum absolute atomic E-state index is 0.126. The van der Waals surface area contributed by atoms with E-state index in [2.05, 4.69) is 23.5 Å². The van der Waals surface area contributed by atoms with Crippen molar-refractivity contribution in [2.24, 2.45) is 0 Å². The van der Waals surface area contributed by atoms with Crippen molar-refractivity contribution in [1.29, 1.82) is 0 Å². The first-order valence-electron chi connectivity index (χ1n) is 9.60. The fraction of sp³-hybridized carbons (Fsp3) is 0.600. The van der Waals surface area contributed by atoms with E-state index < -0.39 is 34.5 Å². The van der Waals surface area contributed by atoms with E-state index in [1.165, 1.54) is 0 Å². The lowest BCUT2D eigenvalue weighted by molar-refractivity contribution is -0.133. The molecule has 8 heteroatoms. The lowest BCUT2D eigenvalue weighted by Gasteiger charge is -2.38. The zero-order valence-electron chi connectivity index (χ0n) is 16.6. The minimum atomic E-state index is -1.55. The SMILES string of the molecule is CCC(CC)N1CCN(C(=O)CCC(=O)c2cc(F)c(OC)c(F)c2F)CC1. The van der Waals surface area contributed by atoms with Crippen molar-refractivity contribution in [3.63, 3.8) is 0 Å². The molecule has 156 valence electrons. The van der Waals surface area contributed by atoms with Crippen LogP contribution >= 0.6 is 0 Å². The fourth-order valence-corrected chi connectivity index (χ4v) is 3.62. The molecule has 1 fully saturated rings. The van der Waals surface area contributed by atoms with Gasteiger partial charge in [0.25, 0.3) is 0 Å². The maximum absolute atomic E-state index is 14.0. The molecular formula is C20H27F3N2O3. The first kappa shape index (κ1) is 22.2. The van der Waals surface area contributed by atoms with Gasteiger partial charge in [-0.1, -0.05) is 13.8 Å². The van der Waals surface area contributed by atoms with Gasteiger partial charge in [0.2, 0.25) is 11.7 Å². The Morgan fingerprint density at radius 3 is 2.18 bits per heavy atom. The van der Waals surface area contributed by atoms with Gasteiger partial charge in [0.05, 0.1) is 12.7 Å². The summed E-state index contributed by atoms with van der Waals surface area (Å²) in [7, 11) is 1.00. The monoisotopic (exact) mass is 400 g/mol. The number of carbonyl (C=O) groups is 2. The van der Waals surface area contributed by atoms with Crippen molar-refractivity contribution in [2.75, 3.05) is 33.3 Å². The third-order valence-electron chi connectivity index (χ3n) is 5.31. The minimum Gasteiger partial charge on any atom is -0.491 e. The van der Waals surface area contributed by atoms with Crippen molar-refractivity contribution in [3.8, 4) is 5.75 Å². The molecule has 1 saturated heterocycles. The largest absolute Gasteiger partial charge is 0.491 e. The van der Waals surface area contributed by atoms with Crippen LogP contribution in [0.1, 0.15) is 49.9 Å². The molecule has 0 radical (unpaired) electrons. The number of nitrogens with zero attached hydrogens (tertiary/aromatic N) is 2. The van der Waals surface area contributed by atoms with Crippen LogP contribution in [-0.4, -0.2) is 60.8 Å². The van der Waals surface area contributed by atoms with Crippen molar-refractivity contribution < 1.29 is 27.5 Å². The van der Waals surface area contributed by atoms with Crippen LogP contribution in [0.3, 0.4) is 0 Å². The standard InChI is InChI=1S/C20H27F3N2O3/c1-4-13(5-2)24-8-10-25(11-9-24)17(27)7-6-16(26)14-12-15(21)20(28-3)19(23)18(14)22/h12-13H,4-11H2,1-3H3. The zero-order valence-corrected chi connectivity index (χ0v) is 16.6. The summed E-state index contributed by atoms with van der Waals surface area (Å²) in [6.45, 7) is 6.97. The van der Waals surface area contributed by atoms with E-state index in [9.17, 15) is 22.8 Å². The summed E-state index contributed by atoms with van der Waals surface area (Å²) in [6.07, 6.45) is 1.67. The molecule has 1 aromatic rings. The Balaban J connectivity index is 1.93. The molecule has 0 unspecified atom stereocenters. The van der Waals surface area contributed by atoms with E-state index >= 15 is 0 Å². The predicted molar refractivity (Wildman–Crippen MR) is 99.0 cm³/mol. The number of carbonyl (C=O) groups excluding carboxylic acids is 2. The molecule has 0 N–H and O–H groups in total. The molecule has 28 heavy (non-hydrogen) atoms. The molecule has 1 amide bonds. The number of hydrogen-bond acceptors (Lipinski definition) is 4. The number of Topliss-reactive ketones (excluding diaryl/α,β-unsaturated/α-hetero) is 1. The smallest absolute Gasteiger partial charge is 0.223 e. The van der Waals surface area contributed by atoms with Crippen LogP contribution in [0.2, 0.25) is 0 Å². The number of piperazine rings is 1. The average molecular weight is 400 g/mol. The van der Waals surface area contributed by atoms with Crippen LogP contribution in [0.4, 0.5) is 13.2 Å². The van der Waals surface area contributed by atoms with E-state index in [1.54, 1.807) is 4.90 Å². The predicted octanol–water partition coefficient (Wildman–Crippen LogP) is 3.41. The van der Waals surface area contributed by atoms with Gasteiger partial charge in [-0.2, -0.15) is 4.39 Å². The Hall–Kier alpha value is -2.09. The van der Waals surface area contributed by atoms with Crippen molar-refractivity contribution in [3.05, 3.63) is 29.1 Å². The van der Waals surface area contributed by atoms with Gasteiger partial charge in [-0.25, -0.2) is 8.78 Å². The molecule has 1 heterocycles. The Labute approximate surface area is 163 Å². The highest BCUT2D eigenvalue weighted by atomic mass is 19.2. The first-order chi connectivity index (χ1) is 13.3. The molecule has 0 aliphatic carbocycles. The summed E-state index contributed by atoms with van der Waals surface area (Å²) < 4.78 is 45.9. The first-order valence-corrected chi connectivity index (χ1v) is 9.60. The molecule has 0 atom stereocenters. The Bertz CT molecular complexity index is 715. The van der Waals surface area contributed by atoms with Crippen molar-refractivity contribution in [2.45, 2.75) is 45.6 Å². The molecule has 0 bridgehead atoms. The van der Waals surface area contributed by atoms with Crippen LogP contribution in [0, 0.1) is 17.5 Å².